The topological polar surface area (TPSA) is 149 Å². The third-order valence-electron chi connectivity index (χ3n) is 0.464. The lowest BCUT2D eigenvalue weighted by Gasteiger charge is -1.79. The number of carboxylic acid groups (broad SMARTS) is 4. The second-order valence-corrected chi connectivity index (χ2v) is 2.70. The number of rotatable bonds is 2. The fraction of sp³-hybridized carbons (Fsp3) is 0.600. The average Bonchev–Trinajstić information content (AvgIpc) is 1.98. The largest absolute Gasteiger partial charge is 0.481 e. The Labute approximate surface area is 105 Å². The quantitative estimate of drug-likeness (QED) is 0.582. The summed E-state index contributed by atoms with van der Waals surface area (Å²) in [7, 11) is 0. The van der Waals surface area contributed by atoms with E-state index in [1.165, 1.54) is 0 Å². The summed E-state index contributed by atoms with van der Waals surface area (Å²) < 4.78 is 0. The minimum Gasteiger partial charge on any atom is -0.481 e. The molecule has 0 aliphatic heterocycles. The predicted molar refractivity (Wildman–Crippen MR) is 62.5 cm³/mol. The van der Waals surface area contributed by atoms with Gasteiger partial charge in [-0.1, -0.05) is 6.92 Å². The van der Waals surface area contributed by atoms with E-state index in [0.717, 1.165) is 27.2 Å². The standard InChI is InChI=1S/C4H8O2.3C2H4O2/c1-2-3-4(5)6;3*1-2(3)4/h2-3H2,1H3,(H,5,6);3*1H3,(H,3,4). The van der Waals surface area contributed by atoms with Gasteiger partial charge >= 0.3 is 5.97 Å². The summed E-state index contributed by atoms with van der Waals surface area (Å²) in [5.74, 6) is -3.21. The summed E-state index contributed by atoms with van der Waals surface area (Å²) in [6.45, 7) is 5.09. The van der Waals surface area contributed by atoms with Crippen molar-refractivity contribution in [2.24, 2.45) is 0 Å². The molecule has 8 nitrogen and oxygen atoms in total. The van der Waals surface area contributed by atoms with Crippen LogP contribution in [0.2, 0.25) is 0 Å². The summed E-state index contributed by atoms with van der Waals surface area (Å²) in [5.41, 5.74) is 0. The van der Waals surface area contributed by atoms with E-state index in [2.05, 4.69) is 0 Å². The highest BCUT2D eigenvalue weighted by Gasteiger charge is 1.87. The Morgan fingerprint density at radius 1 is 0.722 bits per heavy atom. The van der Waals surface area contributed by atoms with Gasteiger partial charge in [0.05, 0.1) is 0 Å². The van der Waals surface area contributed by atoms with Gasteiger partial charge in [0.1, 0.15) is 0 Å². The molecule has 108 valence electrons. The normalized spacial score (nSPS) is 6.89. The van der Waals surface area contributed by atoms with Gasteiger partial charge in [-0.3, -0.25) is 19.2 Å². The van der Waals surface area contributed by atoms with Crippen molar-refractivity contribution in [3.05, 3.63) is 0 Å². The lowest BCUT2D eigenvalue weighted by molar-refractivity contribution is -0.137. The molecule has 0 aromatic rings. The first-order valence-corrected chi connectivity index (χ1v) is 4.77. The first-order valence-electron chi connectivity index (χ1n) is 4.77. The SMILES string of the molecule is CC(=O)O.CC(=O)O.CC(=O)O.CCCC(=O)O. The Kier molecular flexibility index (Phi) is 28.1. The summed E-state index contributed by atoms with van der Waals surface area (Å²) in [5, 5.41) is 30.2. The molecule has 8 heteroatoms. The maximum Gasteiger partial charge on any atom is 0.303 e. The van der Waals surface area contributed by atoms with Gasteiger partial charge in [0, 0.05) is 27.2 Å². The first kappa shape index (κ1) is 24.9. The number of hydrogen-bond acceptors (Lipinski definition) is 4. The van der Waals surface area contributed by atoms with E-state index in [0.29, 0.717) is 6.42 Å². The molecule has 0 fully saturated rings. The monoisotopic (exact) mass is 268 g/mol. The molecule has 18 heavy (non-hydrogen) atoms. The number of hydrogen-bond donors (Lipinski definition) is 4. The van der Waals surface area contributed by atoms with E-state index in [1.807, 2.05) is 6.92 Å². The molecule has 0 atom stereocenters. The molecule has 0 aromatic heterocycles. The Bertz CT molecular complexity index is 206. The van der Waals surface area contributed by atoms with Gasteiger partial charge in [0.25, 0.3) is 17.9 Å². The van der Waals surface area contributed by atoms with Crippen molar-refractivity contribution in [2.45, 2.75) is 40.5 Å². The molecule has 0 aliphatic rings. The van der Waals surface area contributed by atoms with E-state index in [4.69, 9.17) is 34.8 Å². The Hall–Kier alpha value is -2.12. The molecule has 0 amide bonds. The van der Waals surface area contributed by atoms with Gasteiger partial charge in [-0.15, -0.1) is 0 Å². The van der Waals surface area contributed by atoms with Crippen LogP contribution in [0.25, 0.3) is 0 Å². The molecular formula is C10H20O8. The minimum absolute atomic E-state index is 0.292. The van der Waals surface area contributed by atoms with Crippen LogP contribution in [0.3, 0.4) is 0 Å². The lowest BCUT2D eigenvalue weighted by Crippen LogP contribution is -1.90. The minimum atomic E-state index is -0.833. The molecule has 0 bridgehead atoms. The number of carbonyl (C=O) groups is 4. The molecule has 0 aromatic carbocycles. The Balaban J connectivity index is -0.0000000742. The molecule has 0 heterocycles. The molecule has 0 aliphatic carbocycles. The van der Waals surface area contributed by atoms with Crippen molar-refractivity contribution in [3.8, 4) is 0 Å². The second-order valence-electron chi connectivity index (χ2n) is 2.70. The van der Waals surface area contributed by atoms with Crippen LogP contribution >= 0.6 is 0 Å². The zero-order chi connectivity index (χ0) is 15.7. The molecular weight excluding hydrogens is 248 g/mol. The van der Waals surface area contributed by atoms with Crippen LogP contribution in [0.1, 0.15) is 40.5 Å². The highest BCUT2D eigenvalue weighted by Crippen LogP contribution is 1.82. The maximum atomic E-state index is 9.60. The van der Waals surface area contributed by atoms with Crippen molar-refractivity contribution in [3.63, 3.8) is 0 Å². The van der Waals surface area contributed by atoms with Crippen molar-refractivity contribution >= 4 is 23.9 Å². The third kappa shape index (κ3) is 2970. The van der Waals surface area contributed by atoms with Crippen LogP contribution in [0.5, 0.6) is 0 Å². The van der Waals surface area contributed by atoms with E-state index < -0.39 is 23.9 Å². The molecule has 0 spiro atoms. The zero-order valence-corrected chi connectivity index (χ0v) is 10.8. The second kappa shape index (κ2) is 20.3. The maximum absolute atomic E-state index is 9.60. The number of carboxylic acids is 4. The van der Waals surface area contributed by atoms with Crippen LogP contribution in [0.4, 0.5) is 0 Å². The molecule has 0 saturated heterocycles. The van der Waals surface area contributed by atoms with E-state index >= 15 is 0 Å². The summed E-state index contributed by atoms with van der Waals surface area (Å²) in [6, 6.07) is 0. The Morgan fingerprint density at radius 2 is 0.889 bits per heavy atom. The van der Waals surface area contributed by atoms with Crippen LogP contribution in [-0.4, -0.2) is 44.3 Å². The average molecular weight is 268 g/mol. The van der Waals surface area contributed by atoms with Gasteiger partial charge in [0.2, 0.25) is 0 Å². The van der Waals surface area contributed by atoms with Crippen molar-refractivity contribution < 1.29 is 39.6 Å². The zero-order valence-electron chi connectivity index (χ0n) is 10.8. The van der Waals surface area contributed by atoms with E-state index in [9.17, 15) is 4.79 Å². The molecule has 0 saturated carbocycles. The van der Waals surface area contributed by atoms with Crippen LogP contribution in [0, 0.1) is 0 Å². The fourth-order valence-electron chi connectivity index (χ4n) is 0.214. The van der Waals surface area contributed by atoms with Crippen molar-refractivity contribution in [1.82, 2.24) is 0 Å². The van der Waals surface area contributed by atoms with Gasteiger partial charge in [-0.05, 0) is 6.42 Å². The first-order chi connectivity index (χ1) is 7.97. The van der Waals surface area contributed by atoms with E-state index in [-0.39, 0.29) is 0 Å². The van der Waals surface area contributed by atoms with E-state index in [1.54, 1.807) is 0 Å². The third-order valence-corrected chi connectivity index (χ3v) is 0.464. The highest BCUT2D eigenvalue weighted by molar-refractivity contribution is 5.66. The predicted octanol–water partition coefficient (Wildman–Crippen LogP) is 1.14. The smallest absolute Gasteiger partial charge is 0.303 e. The molecule has 4 N–H and O–H groups in total. The van der Waals surface area contributed by atoms with Crippen LogP contribution in [0.15, 0.2) is 0 Å². The number of aliphatic carboxylic acids is 4. The summed E-state index contributed by atoms with van der Waals surface area (Å²) in [6.07, 6.45) is 1.02. The van der Waals surface area contributed by atoms with Gasteiger partial charge < -0.3 is 20.4 Å². The summed E-state index contributed by atoms with van der Waals surface area (Å²) in [4.78, 5) is 36.6. The lowest BCUT2D eigenvalue weighted by atomic mass is 10.4. The molecule has 0 unspecified atom stereocenters. The van der Waals surface area contributed by atoms with Gasteiger partial charge in [0.15, 0.2) is 0 Å². The Morgan fingerprint density at radius 3 is 0.889 bits per heavy atom. The van der Waals surface area contributed by atoms with Crippen molar-refractivity contribution in [2.75, 3.05) is 0 Å². The molecule has 0 rings (SSSR count). The summed E-state index contributed by atoms with van der Waals surface area (Å²) >= 11 is 0. The van der Waals surface area contributed by atoms with Crippen LogP contribution < -0.4 is 0 Å². The fourth-order valence-corrected chi connectivity index (χ4v) is 0.214. The van der Waals surface area contributed by atoms with Crippen LogP contribution in [-0.2, 0) is 19.2 Å². The van der Waals surface area contributed by atoms with Gasteiger partial charge in [-0.2, -0.15) is 0 Å². The highest BCUT2D eigenvalue weighted by atomic mass is 16.4. The molecule has 0 radical (unpaired) electrons. The van der Waals surface area contributed by atoms with Crippen molar-refractivity contribution in [1.29, 1.82) is 0 Å². The van der Waals surface area contributed by atoms with Gasteiger partial charge in [-0.25, -0.2) is 0 Å².